The fraction of sp³-hybridized carbons (Fsp3) is 0.778. The highest BCUT2D eigenvalue weighted by Gasteiger charge is 2.19. The molecule has 14 heavy (non-hydrogen) atoms. The second-order valence-corrected chi connectivity index (χ2v) is 3.72. The summed E-state index contributed by atoms with van der Waals surface area (Å²) in [6.07, 6.45) is 2.32. The van der Waals surface area contributed by atoms with Crippen LogP contribution in [0, 0.1) is 6.92 Å². The molecule has 1 unspecified atom stereocenters. The third-order valence-corrected chi connectivity index (χ3v) is 2.79. The van der Waals surface area contributed by atoms with Gasteiger partial charge in [0.1, 0.15) is 5.69 Å². The van der Waals surface area contributed by atoms with Crippen LogP contribution in [0.5, 0.6) is 0 Å². The van der Waals surface area contributed by atoms with Gasteiger partial charge in [-0.2, -0.15) is 0 Å². The summed E-state index contributed by atoms with van der Waals surface area (Å²) in [6, 6.07) is 0.400. The number of hydrogen-bond donors (Lipinski definition) is 2. The van der Waals surface area contributed by atoms with Crippen molar-refractivity contribution < 1.29 is 5.11 Å². The molecule has 0 amide bonds. The first-order valence-electron chi connectivity index (χ1n) is 5.05. The van der Waals surface area contributed by atoms with E-state index in [4.69, 9.17) is 5.11 Å². The maximum atomic E-state index is 9.00. The number of aliphatic hydroxyl groups is 1. The summed E-state index contributed by atoms with van der Waals surface area (Å²) in [6.45, 7) is 3.98. The fourth-order valence-corrected chi connectivity index (χ4v) is 1.91. The summed E-state index contributed by atoms with van der Waals surface area (Å²) in [5.41, 5.74) is 1.68. The van der Waals surface area contributed by atoms with Gasteiger partial charge in [0.2, 0.25) is 0 Å². The summed E-state index contributed by atoms with van der Waals surface area (Å²) < 4.78 is 1.93. The van der Waals surface area contributed by atoms with Crippen LogP contribution in [0.15, 0.2) is 0 Å². The van der Waals surface area contributed by atoms with Gasteiger partial charge in [-0.15, -0.1) is 5.10 Å². The molecule has 1 aromatic rings. The standard InChI is InChI=1S/C9H16N4O/c1-7-9(6-14)11-12-13(7)8-3-2-4-10-5-8/h8,10,14H,2-6H2,1H3. The maximum Gasteiger partial charge on any atom is 0.111 e. The minimum absolute atomic E-state index is 0.0218. The second-order valence-electron chi connectivity index (χ2n) is 3.72. The predicted octanol–water partition coefficient (Wildman–Crippen LogP) is 0.00332. The Morgan fingerprint density at radius 3 is 3.07 bits per heavy atom. The first-order chi connectivity index (χ1) is 6.83. The number of nitrogens with zero attached hydrogens (tertiary/aromatic N) is 3. The Morgan fingerprint density at radius 1 is 1.64 bits per heavy atom. The van der Waals surface area contributed by atoms with Crippen molar-refractivity contribution in [1.29, 1.82) is 0 Å². The van der Waals surface area contributed by atoms with Gasteiger partial charge in [-0.1, -0.05) is 5.21 Å². The Labute approximate surface area is 83.1 Å². The highest BCUT2D eigenvalue weighted by atomic mass is 16.3. The van der Waals surface area contributed by atoms with Crippen molar-refractivity contribution in [2.45, 2.75) is 32.4 Å². The van der Waals surface area contributed by atoms with Gasteiger partial charge in [0.05, 0.1) is 18.3 Å². The van der Waals surface area contributed by atoms with Crippen molar-refractivity contribution in [1.82, 2.24) is 20.3 Å². The Kier molecular flexibility index (Phi) is 2.79. The molecule has 1 aliphatic rings. The van der Waals surface area contributed by atoms with Crippen molar-refractivity contribution in [3.63, 3.8) is 0 Å². The quantitative estimate of drug-likeness (QED) is 0.699. The van der Waals surface area contributed by atoms with E-state index in [0.29, 0.717) is 11.7 Å². The molecule has 5 heteroatoms. The normalized spacial score (nSPS) is 22.6. The van der Waals surface area contributed by atoms with Crippen molar-refractivity contribution in [2.24, 2.45) is 0 Å². The Hall–Kier alpha value is -0.940. The zero-order chi connectivity index (χ0) is 9.97. The van der Waals surface area contributed by atoms with E-state index in [2.05, 4.69) is 15.6 Å². The molecule has 1 atom stereocenters. The van der Waals surface area contributed by atoms with Crippen LogP contribution in [-0.4, -0.2) is 33.2 Å². The molecule has 1 aliphatic heterocycles. The molecule has 0 bridgehead atoms. The van der Waals surface area contributed by atoms with Crippen LogP contribution in [0.25, 0.3) is 0 Å². The number of nitrogens with one attached hydrogen (secondary N) is 1. The van der Waals surface area contributed by atoms with Gasteiger partial charge in [-0.05, 0) is 26.3 Å². The third-order valence-electron chi connectivity index (χ3n) is 2.79. The lowest BCUT2D eigenvalue weighted by molar-refractivity contribution is 0.275. The molecule has 0 aromatic carbocycles. The molecule has 1 fully saturated rings. The van der Waals surface area contributed by atoms with Crippen LogP contribution in [0.3, 0.4) is 0 Å². The molecule has 0 radical (unpaired) electrons. The van der Waals surface area contributed by atoms with Gasteiger partial charge in [-0.3, -0.25) is 0 Å². The summed E-state index contributed by atoms with van der Waals surface area (Å²) >= 11 is 0. The number of hydrogen-bond acceptors (Lipinski definition) is 4. The fourth-order valence-electron chi connectivity index (χ4n) is 1.91. The van der Waals surface area contributed by atoms with Crippen LogP contribution in [-0.2, 0) is 6.61 Å². The molecule has 0 saturated carbocycles. The van der Waals surface area contributed by atoms with E-state index < -0.39 is 0 Å². The number of piperidine rings is 1. The molecule has 1 saturated heterocycles. The summed E-state index contributed by atoms with van der Waals surface area (Å²) in [4.78, 5) is 0. The van der Waals surface area contributed by atoms with E-state index in [9.17, 15) is 0 Å². The Morgan fingerprint density at radius 2 is 2.50 bits per heavy atom. The molecule has 78 valence electrons. The SMILES string of the molecule is Cc1c(CO)nnn1C1CCCNC1. The van der Waals surface area contributed by atoms with E-state index in [-0.39, 0.29) is 6.61 Å². The lowest BCUT2D eigenvalue weighted by atomic mass is 10.1. The first-order valence-corrected chi connectivity index (χ1v) is 5.05. The zero-order valence-corrected chi connectivity index (χ0v) is 8.40. The molecule has 1 aromatic heterocycles. The maximum absolute atomic E-state index is 9.00. The minimum atomic E-state index is -0.0218. The van der Waals surface area contributed by atoms with Crippen LogP contribution >= 0.6 is 0 Å². The van der Waals surface area contributed by atoms with Crippen molar-refractivity contribution >= 4 is 0 Å². The van der Waals surface area contributed by atoms with Gasteiger partial charge < -0.3 is 10.4 Å². The molecule has 2 N–H and O–H groups in total. The van der Waals surface area contributed by atoms with E-state index >= 15 is 0 Å². The molecule has 0 spiro atoms. The van der Waals surface area contributed by atoms with E-state index in [1.165, 1.54) is 6.42 Å². The van der Waals surface area contributed by atoms with E-state index in [0.717, 1.165) is 25.2 Å². The Bertz CT molecular complexity index is 304. The summed E-state index contributed by atoms with van der Waals surface area (Å²) in [5, 5.41) is 20.4. The van der Waals surface area contributed by atoms with Gasteiger partial charge in [0.25, 0.3) is 0 Å². The lowest BCUT2D eigenvalue weighted by Gasteiger charge is -2.23. The number of rotatable bonds is 2. The molecule has 2 rings (SSSR count). The van der Waals surface area contributed by atoms with Gasteiger partial charge in [0.15, 0.2) is 0 Å². The van der Waals surface area contributed by atoms with E-state index in [1.54, 1.807) is 0 Å². The molecule has 5 nitrogen and oxygen atoms in total. The molecular weight excluding hydrogens is 180 g/mol. The largest absolute Gasteiger partial charge is 0.390 e. The topological polar surface area (TPSA) is 63.0 Å². The molecule has 0 aliphatic carbocycles. The highest BCUT2D eigenvalue weighted by Crippen LogP contribution is 2.18. The third kappa shape index (κ3) is 1.65. The van der Waals surface area contributed by atoms with E-state index in [1.807, 2.05) is 11.6 Å². The van der Waals surface area contributed by atoms with Crippen LogP contribution in [0.1, 0.15) is 30.3 Å². The van der Waals surface area contributed by atoms with Crippen LogP contribution in [0.4, 0.5) is 0 Å². The molecule has 2 heterocycles. The predicted molar refractivity (Wildman–Crippen MR) is 51.8 cm³/mol. The minimum Gasteiger partial charge on any atom is -0.390 e. The number of aromatic nitrogens is 3. The Balaban J connectivity index is 2.18. The van der Waals surface area contributed by atoms with Crippen molar-refractivity contribution in [2.75, 3.05) is 13.1 Å². The first kappa shape index (κ1) is 9.61. The molecular formula is C9H16N4O. The summed E-state index contributed by atoms with van der Waals surface area (Å²) in [5.74, 6) is 0. The van der Waals surface area contributed by atoms with Crippen LogP contribution in [0.2, 0.25) is 0 Å². The smallest absolute Gasteiger partial charge is 0.111 e. The highest BCUT2D eigenvalue weighted by molar-refractivity contribution is 5.07. The van der Waals surface area contributed by atoms with Gasteiger partial charge in [0, 0.05) is 6.54 Å². The second kappa shape index (κ2) is 4.06. The van der Waals surface area contributed by atoms with Crippen molar-refractivity contribution in [3.8, 4) is 0 Å². The van der Waals surface area contributed by atoms with Gasteiger partial charge >= 0.3 is 0 Å². The van der Waals surface area contributed by atoms with Gasteiger partial charge in [-0.25, -0.2) is 4.68 Å². The summed E-state index contributed by atoms with van der Waals surface area (Å²) in [7, 11) is 0. The average molecular weight is 196 g/mol. The lowest BCUT2D eigenvalue weighted by Crippen LogP contribution is -2.32. The monoisotopic (exact) mass is 196 g/mol. The van der Waals surface area contributed by atoms with Crippen LogP contribution < -0.4 is 5.32 Å². The average Bonchev–Trinajstić information content (AvgIpc) is 2.61. The zero-order valence-electron chi connectivity index (χ0n) is 8.40. The van der Waals surface area contributed by atoms with Crippen molar-refractivity contribution in [3.05, 3.63) is 11.4 Å². The number of aliphatic hydroxyl groups excluding tert-OH is 1.